The number of rotatable bonds is 5. The van der Waals surface area contributed by atoms with Gasteiger partial charge in [0.05, 0.1) is 6.04 Å². The Balaban J connectivity index is 1.31. The molecule has 0 radical (unpaired) electrons. The van der Waals surface area contributed by atoms with Crippen molar-refractivity contribution in [2.24, 2.45) is 0 Å². The Labute approximate surface area is 188 Å². The quantitative estimate of drug-likeness (QED) is 0.600. The van der Waals surface area contributed by atoms with Crippen LogP contribution < -0.4 is 5.32 Å². The number of nitrogens with one attached hydrogen (secondary N) is 1. The van der Waals surface area contributed by atoms with Gasteiger partial charge in [0, 0.05) is 40.5 Å². The number of pyridine rings is 1. The van der Waals surface area contributed by atoms with Crippen molar-refractivity contribution in [3.8, 4) is 0 Å². The number of benzene rings is 2. The molecule has 3 atom stereocenters. The average Bonchev–Trinajstić information content (AvgIpc) is 3.41. The summed E-state index contributed by atoms with van der Waals surface area (Å²) in [5, 5.41) is 2.57. The van der Waals surface area contributed by atoms with Gasteiger partial charge < -0.3 is 10.1 Å². The summed E-state index contributed by atoms with van der Waals surface area (Å²) in [6.45, 7) is 0. The first-order valence-electron chi connectivity index (χ1n) is 10.1. The van der Waals surface area contributed by atoms with E-state index >= 15 is 0 Å². The number of ketones is 1. The summed E-state index contributed by atoms with van der Waals surface area (Å²) in [6, 6.07) is 19.0. The molecule has 2 amide bonds. The van der Waals surface area contributed by atoms with E-state index in [0.29, 0.717) is 22.6 Å². The average molecular weight is 446 g/mol. The Hall–Kier alpha value is -3.65. The van der Waals surface area contributed by atoms with Crippen molar-refractivity contribution < 1.29 is 19.1 Å². The van der Waals surface area contributed by atoms with Crippen molar-refractivity contribution >= 4 is 35.2 Å². The summed E-state index contributed by atoms with van der Waals surface area (Å²) >= 11 is 1.58. The van der Waals surface area contributed by atoms with Gasteiger partial charge in [0.2, 0.25) is 6.10 Å². The number of anilines is 1. The second-order valence-corrected chi connectivity index (χ2v) is 8.63. The van der Waals surface area contributed by atoms with E-state index in [1.165, 1.54) is 0 Å². The molecule has 3 heterocycles. The number of hydrogen-bond acceptors (Lipinski definition) is 6. The number of nitrogens with zero attached hydrogens (tertiary/aromatic N) is 2. The fourth-order valence-corrected chi connectivity index (χ4v) is 5.40. The first-order valence-corrected chi connectivity index (χ1v) is 11.2. The standard InChI is InChI=1S/C24H19N3O4S/c28-20(15-6-2-1-3-7-15)16-8-4-10-18(12-16)26-22(29)21-19-14-32-23(27(19)24(30)31-21)17-9-5-11-25-13-17/h1-13,19,21,23H,14H2,(H,26,29)/t19-,21-,23+/m0/s1. The van der Waals surface area contributed by atoms with Crippen LogP contribution in [0.5, 0.6) is 0 Å². The molecule has 0 spiro atoms. The van der Waals surface area contributed by atoms with Crippen molar-refractivity contribution in [3.05, 3.63) is 95.8 Å². The van der Waals surface area contributed by atoms with Gasteiger partial charge in [-0.25, -0.2) is 4.79 Å². The van der Waals surface area contributed by atoms with Crippen LogP contribution in [0.15, 0.2) is 79.1 Å². The van der Waals surface area contributed by atoms with E-state index in [1.807, 2.05) is 18.2 Å². The summed E-state index contributed by atoms with van der Waals surface area (Å²) in [4.78, 5) is 44.0. The normalized spacial score (nSPS) is 21.7. The number of thioether (sulfide) groups is 1. The molecule has 2 fully saturated rings. The molecular formula is C24H19N3O4S. The van der Waals surface area contributed by atoms with Crippen molar-refractivity contribution in [1.82, 2.24) is 9.88 Å². The van der Waals surface area contributed by atoms with Gasteiger partial charge in [-0.15, -0.1) is 11.8 Å². The lowest BCUT2D eigenvalue weighted by molar-refractivity contribution is -0.123. The molecule has 1 aromatic heterocycles. The Morgan fingerprint density at radius 3 is 2.62 bits per heavy atom. The van der Waals surface area contributed by atoms with E-state index in [2.05, 4.69) is 10.3 Å². The first-order chi connectivity index (χ1) is 15.6. The predicted octanol–water partition coefficient (Wildman–Crippen LogP) is 3.89. The minimum atomic E-state index is -0.926. The molecule has 0 unspecified atom stereocenters. The molecule has 0 aliphatic carbocycles. The van der Waals surface area contributed by atoms with Gasteiger partial charge in [0.25, 0.3) is 5.91 Å². The molecule has 8 heteroatoms. The van der Waals surface area contributed by atoms with E-state index in [9.17, 15) is 14.4 Å². The van der Waals surface area contributed by atoms with Crippen LogP contribution in [0.2, 0.25) is 0 Å². The third kappa shape index (κ3) is 3.73. The molecule has 3 aromatic rings. The maximum atomic E-state index is 13.0. The second kappa shape index (κ2) is 8.47. The maximum absolute atomic E-state index is 13.0. The highest BCUT2D eigenvalue weighted by Crippen LogP contribution is 2.45. The predicted molar refractivity (Wildman–Crippen MR) is 120 cm³/mol. The minimum Gasteiger partial charge on any atom is -0.434 e. The Bertz CT molecular complexity index is 1170. The summed E-state index contributed by atoms with van der Waals surface area (Å²) < 4.78 is 5.44. The van der Waals surface area contributed by atoms with Gasteiger partial charge in [-0.3, -0.25) is 19.5 Å². The summed E-state index contributed by atoms with van der Waals surface area (Å²) in [5.41, 5.74) is 2.40. The highest BCUT2D eigenvalue weighted by atomic mass is 32.2. The van der Waals surface area contributed by atoms with E-state index in [1.54, 1.807) is 77.6 Å². The molecule has 2 aromatic carbocycles. The molecular weight excluding hydrogens is 426 g/mol. The van der Waals surface area contributed by atoms with Crippen LogP contribution in [0.1, 0.15) is 26.9 Å². The summed E-state index contributed by atoms with van der Waals surface area (Å²) in [5.74, 6) is 0.0323. The van der Waals surface area contributed by atoms with Gasteiger partial charge in [0.1, 0.15) is 5.37 Å². The molecule has 0 saturated carbocycles. The number of hydrogen-bond donors (Lipinski definition) is 1. The smallest absolute Gasteiger partial charge is 0.412 e. The summed E-state index contributed by atoms with van der Waals surface area (Å²) in [7, 11) is 0. The second-order valence-electron chi connectivity index (χ2n) is 7.52. The van der Waals surface area contributed by atoms with Gasteiger partial charge >= 0.3 is 6.09 Å². The minimum absolute atomic E-state index is 0.133. The van der Waals surface area contributed by atoms with Crippen molar-refractivity contribution in [2.75, 3.05) is 11.1 Å². The van der Waals surface area contributed by atoms with Gasteiger partial charge in [-0.1, -0.05) is 48.5 Å². The monoisotopic (exact) mass is 445 g/mol. The van der Waals surface area contributed by atoms with Gasteiger partial charge in [-0.05, 0) is 18.2 Å². The van der Waals surface area contributed by atoms with Crippen LogP contribution in [-0.2, 0) is 9.53 Å². The Morgan fingerprint density at radius 1 is 1.03 bits per heavy atom. The summed E-state index contributed by atoms with van der Waals surface area (Å²) in [6.07, 6.45) is 1.96. The van der Waals surface area contributed by atoms with E-state index < -0.39 is 18.1 Å². The van der Waals surface area contributed by atoms with Gasteiger partial charge in [-0.2, -0.15) is 0 Å². The van der Waals surface area contributed by atoms with E-state index in [4.69, 9.17) is 4.74 Å². The number of carbonyl (C=O) groups is 3. The lowest BCUT2D eigenvalue weighted by Crippen LogP contribution is -2.40. The Morgan fingerprint density at radius 2 is 1.84 bits per heavy atom. The highest BCUT2D eigenvalue weighted by molar-refractivity contribution is 7.99. The number of carbonyl (C=O) groups excluding carboxylic acids is 3. The van der Waals surface area contributed by atoms with Crippen LogP contribution in [0.4, 0.5) is 10.5 Å². The maximum Gasteiger partial charge on any atom is 0.412 e. The molecule has 2 aliphatic heterocycles. The number of fused-ring (bicyclic) bond motifs is 1. The molecule has 2 saturated heterocycles. The van der Waals surface area contributed by atoms with Crippen molar-refractivity contribution in [3.63, 3.8) is 0 Å². The first kappa shape index (κ1) is 20.3. The highest BCUT2D eigenvalue weighted by Gasteiger charge is 2.53. The molecule has 1 N–H and O–H groups in total. The van der Waals surface area contributed by atoms with Gasteiger partial charge in [0.15, 0.2) is 5.78 Å². The number of cyclic esters (lactones) is 1. The molecule has 160 valence electrons. The van der Waals surface area contributed by atoms with E-state index in [-0.39, 0.29) is 17.2 Å². The largest absolute Gasteiger partial charge is 0.434 e. The SMILES string of the molecule is O=C(c1ccccc1)c1cccc(NC(=O)[C@H]2OC(=O)N3[C@@H](c4cccnc4)SC[C@@H]23)c1. The third-order valence-electron chi connectivity index (χ3n) is 5.48. The van der Waals surface area contributed by atoms with Crippen LogP contribution in [0.3, 0.4) is 0 Å². The Kier molecular flexibility index (Phi) is 5.36. The topological polar surface area (TPSA) is 88.6 Å². The van der Waals surface area contributed by atoms with Crippen LogP contribution in [0.25, 0.3) is 0 Å². The fraction of sp³-hybridized carbons (Fsp3) is 0.167. The lowest BCUT2D eigenvalue weighted by Gasteiger charge is -2.20. The molecule has 32 heavy (non-hydrogen) atoms. The third-order valence-corrected chi connectivity index (χ3v) is 6.83. The molecule has 0 bridgehead atoms. The number of amides is 2. The zero-order valence-electron chi connectivity index (χ0n) is 16.9. The van der Waals surface area contributed by atoms with Crippen LogP contribution in [-0.4, -0.2) is 45.6 Å². The number of aromatic nitrogens is 1. The number of ether oxygens (including phenoxy) is 1. The fourth-order valence-electron chi connectivity index (χ4n) is 3.95. The van der Waals surface area contributed by atoms with Crippen LogP contribution >= 0.6 is 11.8 Å². The molecule has 7 nitrogen and oxygen atoms in total. The molecule has 2 aliphatic rings. The van der Waals surface area contributed by atoms with Crippen molar-refractivity contribution in [1.29, 1.82) is 0 Å². The lowest BCUT2D eigenvalue weighted by atomic mass is 10.0. The zero-order chi connectivity index (χ0) is 22.1. The van der Waals surface area contributed by atoms with E-state index in [0.717, 1.165) is 5.56 Å². The van der Waals surface area contributed by atoms with Crippen molar-refractivity contribution in [2.45, 2.75) is 17.5 Å². The molecule has 5 rings (SSSR count). The zero-order valence-corrected chi connectivity index (χ0v) is 17.7. The van der Waals surface area contributed by atoms with Crippen LogP contribution in [0, 0.1) is 0 Å².